The van der Waals surface area contributed by atoms with Crippen LogP contribution in [0.3, 0.4) is 0 Å². The van der Waals surface area contributed by atoms with Crippen molar-refractivity contribution in [2.75, 3.05) is 5.73 Å². The van der Waals surface area contributed by atoms with E-state index in [9.17, 15) is 4.79 Å². The van der Waals surface area contributed by atoms with Crippen LogP contribution >= 0.6 is 24.0 Å². The highest BCUT2D eigenvalue weighted by Crippen LogP contribution is 2.19. The fraction of sp³-hybridized carbons (Fsp3) is 0. The Morgan fingerprint density at radius 1 is 1.07 bits per heavy atom. The normalized spacial score (nSPS) is 9.67. The Hall–Kier alpha value is -1.25. The number of fused-ring (bicyclic) bond motifs is 1. The van der Waals surface area contributed by atoms with Gasteiger partial charge in [-0.3, -0.25) is 4.79 Å². The molecular weight excluding hydrogens is 233 g/mol. The molecule has 0 aromatic heterocycles. The Labute approximate surface area is 98.4 Å². The lowest BCUT2D eigenvalue weighted by Gasteiger charge is -2.00. The monoisotopic (exact) mass is 241 g/mol. The first-order valence-corrected chi connectivity index (χ1v) is 4.54. The Kier molecular flexibility index (Phi) is 3.56. The van der Waals surface area contributed by atoms with Gasteiger partial charge in [0.15, 0.2) is 0 Å². The van der Waals surface area contributed by atoms with Gasteiger partial charge in [-0.1, -0.05) is 12.1 Å². The van der Waals surface area contributed by atoms with Crippen LogP contribution in [0, 0.1) is 0 Å². The van der Waals surface area contributed by atoms with E-state index in [0.717, 1.165) is 10.8 Å². The SMILES string of the molecule is Cl.Nc1ccc2cc(C(=O)Cl)ccc2c1. The third kappa shape index (κ3) is 2.41. The average Bonchev–Trinajstić information content (AvgIpc) is 2.16. The number of benzene rings is 2. The minimum Gasteiger partial charge on any atom is -0.399 e. The zero-order valence-corrected chi connectivity index (χ0v) is 9.31. The summed E-state index contributed by atoms with van der Waals surface area (Å²) in [5.41, 5.74) is 6.84. The lowest BCUT2D eigenvalue weighted by molar-refractivity contribution is 0.108. The standard InChI is InChI=1S/C11H8ClNO.ClH/c12-11(14)9-2-1-8-6-10(13)4-3-7(8)5-9;/h1-6H,13H2;1H. The van der Waals surface area contributed by atoms with E-state index in [0.29, 0.717) is 11.3 Å². The van der Waals surface area contributed by atoms with Gasteiger partial charge in [0.2, 0.25) is 0 Å². The third-order valence-corrected chi connectivity index (χ3v) is 2.31. The van der Waals surface area contributed by atoms with Crippen molar-refractivity contribution >= 4 is 45.7 Å². The van der Waals surface area contributed by atoms with Crippen LogP contribution in [0.15, 0.2) is 36.4 Å². The number of nitrogen functional groups attached to an aromatic ring is 1. The second-order valence-electron chi connectivity index (χ2n) is 3.10. The minimum absolute atomic E-state index is 0. The van der Waals surface area contributed by atoms with Gasteiger partial charge < -0.3 is 5.73 Å². The molecule has 4 heteroatoms. The molecule has 0 saturated heterocycles. The molecule has 78 valence electrons. The summed E-state index contributed by atoms with van der Waals surface area (Å²) in [6.45, 7) is 0. The maximum Gasteiger partial charge on any atom is 0.252 e. The van der Waals surface area contributed by atoms with E-state index >= 15 is 0 Å². The Morgan fingerprint density at radius 3 is 2.33 bits per heavy atom. The van der Waals surface area contributed by atoms with Crippen LogP contribution in [0.2, 0.25) is 0 Å². The van der Waals surface area contributed by atoms with Gasteiger partial charge in [-0.25, -0.2) is 0 Å². The van der Waals surface area contributed by atoms with Crippen LogP contribution in [-0.4, -0.2) is 5.24 Å². The molecule has 2 rings (SSSR count). The highest BCUT2D eigenvalue weighted by Gasteiger charge is 2.02. The van der Waals surface area contributed by atoms with Gasteiger partial charge >= 0.3 is 0 Å². The zero-order valence-electron chi connectivity index (χ0n) is 7.74. The van der Waals surface area contributed by atoms with E-state index < -0.39 is 5.24 Å². The number of anilines is 1. The van der Waals surface area contributed by atoms with Crippen molar-refractivity contribution in [3.63, 3.8) is 0 Å². The van der Waals surface area contributed by atoms with Crippen LogP contribution in [-0.2, 0) is 0 Å². The highest BCUT2D eigenvalue weighted by atomic mass is 35.5. The van der Waals surface area contributed by atoms with Crippen LogP contribution in [0.4, 0.5) is 5.69 Å². The molecule has 2 nitrogen and oxygen atoms in total. The van der Waals surface area contributed by atoms with E-state index in [2.05, 4.69) is 0 Å². The maximum absolute atomic E-state index is 10.9. The van der Waals surface area contributed by atoms with Crippen LogP contribution in [0.1, 0.15) is 10.4 Å². The number of nitrogens with two attached hydrogens (primary N) is 1. The summed E-state index contributed by atoms with van der Waals surface area (Å²) in [4.78, 5) is 10.9. The average molecular weight is 242 g/mol. The van der Waals surface area contributed by atoms with Crippen LogP contribution in [0.5, 0.6) is 0 Å². The first-order valence-electron chi connectivity index (χ1n) is 4.16. The molecule has 0 heterocycles. The number of hydrogen-bond donors (Lipinski definition) is 1. The number of hydrogen-bond acceptors (Lipinski definition) is 2. The van der Waals surface area contributed by atoms with Crippen molar-refractivity contribution in [2.45, 2.75) is 0 Å². The smallest absolute Gasteiger partial charge is 0.252 e. The molecule has 2 N–H and O–H groups in total. The van der Waals surface area contributed by atoms with Crippen LogP contribution < -0.4 is 5.73 Å². The summed E-state index contributed by atoms with van der Waals surface area (Å²) >= 11 is 5.37. The van der Waals surface area contributed by atoms with Crippen molar-refractivity contribution < 1.29 is 4.79 Å². The van der Waals surface area contributed by atoms with E-state index in [-0.39, 0.29) is 12.4 Å². The van der Waals surface area contributed by atoms with Gasteiger partial charge in [-0.05, 0) is 46.6 Å². The summed E-state index contributed by atoms with van der Waals surface area (Å²) in [6.07, 6.45) is 0. The second kappa shape index (κ2) is 4.51. The minimum atomic E-state index is -0.441. The predicted octanol–water partition coefficient (Wildman–Crippen LogP) is 3.22. The molecule has 0 fully saturated rings. The van der Waals surface area contributed by atoms with Crippen molar-refractivity contribution in [3.05, 3.63) is 42.0 Å². The molecule has 2 aromatic rings. The first kappa shape index (κ1) is 11.8. The molecule has 2 aromatic carbocycles. The summed E-state index contributed by atoms with van der Waals surface area (Å²) < 4.78 is 0. The molecule has 0 saturated carbocycles. The quantitative estimate of drug-likeness (QED) is 0.616. The number of rotatable bonds is 1. The molecule has 0 aliphatic heterocycles. The van der Waals surface area contributed by atoms with Gasteiger partial charge in [0.1, 0.15) is 0 Å². The molecule has 0 unspecified atom stereocenters. The van der Waals surface area contributed by atoms with Crippen molar-refractivity contribution in [1.82, 2.24) is 0 Å². The summed E-state index contributed by atoms with van der Waals surface area (Å²) in [6, 6.07) is 10.8. The topological polar surface area (TPSA) is 43.1 Å². The fourth-order valence-electron chi connectivity index (χ4n) is 1.39. The van der Waals surface area contributed by atoms with Crippen molar-refractivity contribution in [1.29, 1.82) is 0 Å². The lowest BCUT2D eigenvalue weighted by atomic mass is 10.1. The summed E-state index contributed by atoms with van der Waals surface area (Å²) in [5, 5.41) is 1.53. The van der Waals surface area contributed by atoms with E-state index in [1.165, 1.54) is 0 Å². The number of carbonyl (C=O) groups excluding carboxylic acids is 1. The number of halogens is 2. The Balaban J connectivity index is 0.00000112. The largest absolute Gasteiger partial charge is 0.399 e. The summed E-state index contributed by atoms with van der Waals surface area (Å²) in [7, 11) is 0. The van der Waals surface area contributed by atoms with E-state index in [1.54, 1.807) is 18.2 Å². The first-order chi connectivity index (χ1) is 6.66. The molecule has 0 aliphatic carbocycles. The van der Waals surface area contributed by atoms with Gasteiger partial charge in [-0.15, -0.1) is 12.4 Å². The number of carbonyl (C=O) groups is 1. The maximum atomic E-state index is 10.9. The molecule has 0 bridgehead atoms. The van der Waals surface area contributed by atoms with Crippen LogP contribution in [0.25, 0.3) is 10.8 Å². The lowest BCUT2D eigenvalue weighted by Crippen LogP contribution is -1.89. The molecular formula is C11H9Cl2NO. The fourth-order valence-corrected chi connectivity index (χ4v) is 1.50. The second-order valence-corrected chi connectivity index (χ2v) is 3.44. The van der Waals surface area contributed by atoms with E-state index in [4.69, 9.17) is 17.3 Å². The third-order valence-electron chi connectivity index (χ3n) is 2.09. The van der Waals surface area contributed by atoms with Gasteiger partial charge in [0, 0.05) is 11.3 Å². The Bertz CT molecular complexity index is 511. The van der Waals surface area contributed by atoms with Gasteiger partial charge in [0.25, 0.3) is 5.24 Å². The summed E-state index contributed by atoms with van der Waals surface area (Å²) in [5.74, 6) is 0. The van der Waals surface area contributed by atoms with Crippen molar-refractivity contribution in [3.8, 4) is 0 Å². The highest BCUT2D eigenvalue weighted by molar-refractivity contribution is 6.67. The van der Waals surface area contributed by atoms with Gasteiger partial charge in [-0.2, -0.15) is 0 Å². The molecule has 0 atom stereocenters. The Morgan fingerprint density at radius 2 is 1.67 bits per heavy atom. The van der Waals surface area contributed by atoms with Gasteiger partial charge in [0.05, 0.1) is 0 Å². The molecule has 15 heavy (non-hydrogen) atoms. The van der Waals surface area contributed by atoms with Crippen molar-refractivity contribution in [2.24, 2.45) is 0 Å². The molecule has 0 aliphatic rings. The molecule has 0 amide bonds. The molecule has 0 radical (unpaired) electrons. The zero-order chi connectivity index (χ0) is 10.1. The van der Waals surface area contributed by atoms with E-state index in [1.807, 2.05) is 18.2 Å². The predicted molar refractivity (Wildman–Crippen MR) is 65.8 cm³/mol. The molecule has 0 spiro atoms.